The SMILES string of the molecule is NC(=O)OC1CCCN(C[C@H]2C[C@@H](n3cc(-c4cccc(OCc5ccccc5)c4)c4c(N)ncnc43)C2)C1. The Morgan fingerprint density at radius 3 is 2.74 bits per heavy atom. The van der Waals surface area contributed by atoms with Gasteiger partial charge in [0.25, 0.3) is 0 Å². The largest absolute Gasteiger partial charge is 0.489 e. The number of amides is 1. The van der Waals surface area contributed by atoms with Gasteiger partial charge in [-0.05, 0) is 61.4 Å². The summed E-state index contributed by atoms with van der Waals surface area (Å²) in [6.07, 6.45) is 6.95. The van der Waals surface area contributed by atoms with E-state index >= 15 is 0 Å². The van der Waals surface area contributed by atoms with Gasteiger partial charge in [-0.15, -0.1) is 0 Å². The molecule has 202 valence electrons. The van der Waals surface area contributed by atoms with Crippen LogP contribution in [-0.2, 0) is 11.3 Å². The molecule has 9 nitrogen and oxygen atoms in total. The molecule has 9 heteroatoms. The van der Waals surface area contributed by atoms with Crippen molar-refractivity contribution in [2.75, 3.05) is 25.4 Å². The molecule has 2 aliphatic rings. The van der Waals surface area contributed by atoms with Gasteiger partial charge in [0, 0.05) is 30.9 Å². The number of fused-ring (bicyclic) bond motifs is 1. The third kappa shape index (κ3) is 5.54. The van der Waals surface area contributed by atoms with E-state index in [4.69, 9.17) is 20.9 Å². The number of nitrogens with zero attached hydrogens (tertiary/aromatic N) is 4. The van der Waals surface area contributed by atoms with Crippen molar-refractivity contribution in [3.63, 3.8) is 0 Å². The van der Waals surface area contributed by atoms with Crippen molar-refractivity contribution in [2.45, 2.75) is 44.4 Å². The second-order valence-electron chi connectivity index (χ2n) is 10.7. The lowest BCUT2D eigenvalue weighted by Crippen LogP contribution is -2.45. The number of nitrogen functional groups attached to an aromatic ring is 1. The van der Waals surface area contributed by atoms with Crippen LogP contribution in [0.3, 0.4) is 0 Å². The number of hydrogen-bond donors (Lipinski definition) is 2. The van der Waals surface area contributed by atoms with Crippen LogP contribution in [0.25, 0.3) is 22.2 Å². The molecule has 4 aromatic rings. The predicted molar refractivity (Wildman–Crippen MR) is 150 cm³/mol. The minimum atomic E-state index is -0.685. The Morgan fingerprint density at radius 1 is 1.08 bits per heavy atom. The van der Waals surface area contributed by atoms with Crippen molar-refractivity contribution in [1.82, 2.24) is 19.4 Å². The highest BCUT2D eigenvalue weighted by Crippen LogP contribution is 2.43. The summed E-state index contributed by atoms with van der Waals surface area (Å²) in [5, 5.41) is 0.878. The number of carbonyl (C=O) groups is 1. The molecule has 39 heavy (non-hydrogen) atoms. The Bertz CT molecular complexity index is 1450. The first-order valence-corrected chi connectivity index (χ1v) is 13.6. The van der Waals surface area contributed by atoms with Gasteiger partial charge < -0.3 is 25.5 Å². The molecule has 2 aromatic heterocycles. The Balaban J connectivity index is 1.17. The number of anilines is 1. The predicted octanol–water partition coefficient (Wildman–Crippen LogP) is 4.77. The molecule has 0 bridgehead atoms. The average molecular weight is 527 g/mol. The summed E-state index contributed by atoms with van der Waals surface area (Å²) in [6, 6.07) is 18.6. The molecule has 2 aromatic carbocycles. The first-order chi connectivity index (χ1) is 19.0. The van der Waals surface area contributed by atoms with E-state index in [2.05, 4.69) is 49.9 Å². The van der Waals surface area contributed by atoms with Gasteiger partial charge >= 0.3 is 6.09 Å². The molecule has 1 amide bonds. The topological polar surface area (TPSA) is 122 Å². The summed E-state index contributed by atoms with van der Waals surface area (Å²) in [5.41, 5.74) is 15.6. The fourth-order valence-corrected chi connectivity index (χ4v) is 5.98. The average Bonchev–Trinajstić information content (AvgIpc) is 3.30. The van der Waals surface area contributed by atoms with Crippen molar-refractivity contribution >= 4 is 22.9 Å². The Labute approximate surface area is 227 Å². The summed E-state index contributed by atoms with van der Waals surface area (Å²) in [5.74, 6) is 1.86. The number of carbonyl (C=O) groups excluding carboxylic acids is 1. The van der Waals surface area contributed by atoms with E-state index in [-0.39, 0.29) is 6.10 Å². The lowest BCUT2D eigenvalue weighted by atomic mass is 9.79. The number of nitrogens with two attached hydrogens (primary N) is 2. The zero-order valence-corrected chi connectivity index (χ0v) is 21.9. The smallest absolute Gasteiger partial charge is 0.404 e. The summed E-state index contributed by atoms with van der Waals surface area (Å²) in [4.78, 5) is 22.5. The van der Waals surface area contributed by atoms with Crippen molar-refractivity contribution in [2.24, 2.45) is 11.7 Å². The van der Waals surface area contributed by atoms with Gasteiger partial charge in [-0.2, -0.15) is 0 Å². The lowest BCUT2D eigenvalue weighted by Gasteiger charge is -2.41. The van der Waals surface area contributed by atoms with E-state index in [1.54, 1.807) is 6.33 Å². The highest BCUT2D eigenvalue weighted by Gasteiger charge is 2.35. The number of primary amides is 1. The van der Waals surface area contributed by atoms with Crippen LogP contribution in [0.1, 0.15) is 37.3 Å². The minimum absolute atomic E-state index is 0.102. The van der Waals surface area contributed by atoms with Gasteiger partial charge in [-0.1, -0.05) is 42.5 Å². The summed E-state index contributed by atoms with van der Waals surface area (Å²) >= 11 is 0. The molecule has 4 N–H and O–H groups in total. The van der Waals surface area contributed by atoms with E-state index in [1.165, 1.54) is 0 Å². The van der Waals surface area contributed by atoms with E-state index in [9.17, 15) is 4.79 Å². The fraction of sp³-hybridized carbons (Fsp3) is 0.367. The molecule has 1 aliphatic heterocycles. The summed E-state index contributed by atoms with van der Waals surface area (Å²) < 4.78 is 13.6. The molecule has 3 heterocycles. The molecule has 0 radical (unpaired) electrons. The molecule has 1 saturated carbocycles. The normalized spacial score (nSPS) is 21.4. The molecular weight excluding hydrogens is 492 g/mol. The first kappa shape index (κ1) is 25.2. The maximum Gasteiger partial charge on any atom is 0.404 e. The lowest BCUT2D eigenvalue weighted by molar-refractivity contribution is 0.0304. The third-order valence-corrected chi connectivity index (χ3v) is 7.90. The van der Waals surface area contributed by atoms with Crippen LogP contribution in [0.15, 0.2) is 67.1 Å². The van der Waals surface area contributed by atoms with Crippen molar-refractivity contribution in [3.05, 3.63) is 72.7 Å². The fourth-order valence-electron chi connectivity index (χ4n) is 5.98. The summed E-state index contributed by atoms with van der Waals surface area (Å²) in [7, 11) is 0. The van der Waals surface area contributed by atoms with Gasteiger partial charge in [-0.25, -0.2) is 14.8 Å². The van der Waals surface area contributed by atoms with E-state index in [0.717, 1.165) is 78.8 Å². The van der Waals surface area contributed by atoms with E-state index in [1.807, 2.05) is 30.3 Å². The van der Waals surface area contributed by atoms with Crippen LogP contribution < -0.4 is 16.2 Å². The number of ether oxygens (including phenoxy) is 2. The second-order valence-corrected chi connectivity index (χ2v) is 10.7. The van der Waals surface area contributed by atoms with Gasteiger partial charge in [0.2, 0.25) is 0 Å². The third-order valence-electron chi connectivity index (χ3n) is 7.90. The zero-order valence-electron chi connectivity index (χ0n) is 21.9. The Morgan fingerprint density at radius 2 is 1.92 bits per heavy atom. The molecular formula is C30H34N6O3. The van der Waals surface area contributed by atoms with Crippen molar-refractivity contribution < 1.29 is 14.3 Å². The number of piperidine rings is 1. The standard InChI is InChI=1S/C30H34N6O3/c31-28-27-26(22-8-4-9-24(14-22)38-18-20-6-2-1-3-7-20)17-36(29(27)34-19-33-28)23-12-21(13-23)15-35-11-5-10-25(16-35)39-30(32)37/h1-4,6-9,14,17,19,21,23,25H,5,10-13,15-16,18H2,(H2,32,37)(H2,31,33,34)/t21-,23+,25?. The number of rotatable bonds is 8. The van der Waals surface area contributed by atoms with Gasteiger partial charge in [-0.3, -0.25) is 4.90 Å². The Kier molecular flexibility index (Phi) is 7.06. The molecule has 6 rings (SSSR count). The number of hydrogen-bond acceptors (Lipinski definition) is 7. The van der Waals surface area contributed by atoms with Crippen LogP contribution >= 0.6 is 0 Å². The number of likely N-dealkylation sites (tertiary alicyclic amines) is 1. The van der Waals surface area contributed by atoms with Crippen LogP contribution in [0.4, 0.5) is 10.6 Å². The van der Waals surface area contributed by atoms with Crippen molar-refractivity contribution in [1.29, 1.82) is 0 Å². The first-order valence-electron chi connectivity index (χ1n) is 13.6. The maximum atomic E-state index is 11.2. The van der Waals surface area contributed by atoms with Crippen molar-refractivity contribution in [3.8, 4) is 16.9 Å². The summed E-state index contributed by atoms with van der Waals surface area (Å²) in [6.45, 7) is 3.29. The molecule has 1 unspecified atom stereocenters. The quantitative estimate of drug-likeness (QED) is 0.339. The molecule has 0 spiro atoms. The van der Waals surface area contributed by atoms with E-state index < -0.39 is 6.09 Å². The highest BCUT2D eigenvalue weighted by atomic mass is 16.6. The molecule has 1 atom stereocenters. The minimum Gasteiger partial charge on any atom is -0.489 e. The Hall–Kier alpha value is -4.11. The van der Waals surface area contributed by atoms with Gasteiger partial charge in [0.05, 0.1) is 5.39 Å². The number of aromatic nitrogens is 3. The molecule has 1 aliphatic carbocycles. The van der Waals surface area contributed by atoms with Gasteiger partial charge in [0.15, 0.2) is 0 Å². The van der Waals surface area contributed by atoms with Crippen LogP contribution in [0, 0.1) is 5.92 Å². The molecule has 2 fully saturated rings. The van der Waals surface area contributed by atoms with Crippen LogP contribution in [-0.4, -0.2) is 51.3 Å². The zero-order chi connectivity index (χ0) is 26.8. The number of benzene rings is 2. The van der Waals surface area contributed by atoms with Crippen LogP contribution in [0.2, 0.25) is 0 Å². The maximum absolute atomic E-state index is 11.2. The molecule has 1 saturated heterocycles. The van der Waals surface area contributed by atoms with Gasteiger partial charge in [0.1, 0.15) is 36.3 Å². The second kappa shape index (κ2) is 10.9. The monoisotopic (exact) mass is 526 g/mol. The van der Waals surface area contributed by atoms with Crippen LogP contribution in [0.5, 0.6) is 5.75 Å². The van der Waals surface area contributed by atoms with E-state index in [0.29, 0.717) is 24.4 Å². The highest BCUT2D eigenvalue weighted by molar-refractivity contribution is 6.00.